The Morgan fingerprint density at radius 1 is 1.08 bits per heavy atom. The van der Waals surface area contributed by atoms with Gasteiger partial charge in [-0.2, -0.15) is 0 Å². The zero-order valence-electron chi connectivity index (χ0n) is 12.9. The molecule has 2 aromatic carbocycles. The molecule has 0 radical (unpaired) electrons. The highest BCUT2D eigenvalue weighted by Crippen LogP contribution is 2.16. The van der Waals surface area contributed by atoms with Crippen LogP contribution in [-0.2, 0) is 17.9 Å². The van der Waals surface area contributed by atoms with Gasteiger partial charge in [0, 0.05) is 4.47 Å². The lowest BCUT2D eigenvalue weighted by Crippen LogP contribution is -2.30. The van der Waals surface area contributed by atoms with Crippen molar-refractivity contribution in [1.82, 2.24) is 9.13 Å². The summed E-state index contributed by atoms with van der Waals surface area (Å²) in [6.45, 7) is 0.907. The van der Waals surface area contributed by atoms with Crippen LogP contribution in [0.1, 0.15) is 0 Å². The monoisotopic (exact) mass is 388 g/mol. The molecule has 0 bridgehead atoms. The number of hydrogen-bond acceptors (Lipinski definition) is 3. The van der Waals surface area contributed by atoms with Gasteiger partial charge in [-0.1, -0.05) is 28.1 Å². The van der Waals surface area contributed by atoms with Gasteiger partial charge in [0.05, 0.1) is 17.6 Å². The van der Waals surface area contributed by atoms with E-state index in [9.17, 15) is 4.79 Å². The van der Waals surface area contributed by atoms with Crippen molar-refractivity contribution in [2.45, 2.75) is 13.1 Å². The first-order valence-corrected chi connectivity index (χ1v) is 8.25. The Balaban J connectivity index is 1.83. The molecule has 0 atom stereocenters. The van der Waals surface area contributed by atoms with Crippen LogP contribution in [0.4, 0.5) is 0 Å². The first-order chi connectivity index (χ1) is 11.6. The lowest BCUT2D eigenvalue weighted by Gasteiger charge is -2.08. The maximum absolute atomic E-state index is 11.3. The molecule has 0 saturated carbocycles. The van der Waals surface area contributed by atoms with Crippen LogP contribution in [0.25, 0.3) is 11.0 Å². The van der Waals surface area contributed by atoms with Crippen molar-refractivity contribution < 1.29 is 9.53 Å². The van der Waals surface area contributed by atoms with Crippen LogP contribution in [-0.4, -0.2) is 21.6 Å². The summed E-state index contributed by atoms with van der Waals surface area (Å²) >= 11 is 3.38. The summed E-state index contributed by atoms with van der Waals surface area (Å²) in [5, 5.41) is 8.34. The number of para-hydroxylation sites is 2. The summed E-state index contributed by atoms with van der Waals surface area (Å²) in [5.41, 5.74) is 7.22. The molecule has 3 rings (SSSR count). The highest BCUT2D eigenvalue weighted by molar-refractivity contribution is 9.10. The Hall–Kier alpha value is -2.54. The van der Waals surface area contributed by atoms with Gasteiger partial charge in [-0.15, -0.1) is 0 Å². The number of ether oxygens (including phenoxy) is 1. The van der Waals surface area contributed by atoms with Gasteiger partial charge in [-0.3, -0.25) is 10.2 Å². The molecule has 0 aliphatic rings. The van der Waals surface area contributed by atoms with Crippen LogP contribution in [0.5, 0.6) is 5.75 Å². The van der Waals surface area contributed by atoms with E-state index in [1.165, 1.54) is 0 Å². The minimum atomic E-state index is -0.470. The van der Waals surface area contributed by atoms with E-state index < -0.39 is 5.91 Å². The maximum Gasteiger partial charge on any atom is 0.237 e. The standard InChI is InChI=1S/C17H17BrN4O2/c18-12-5-7-13(8-6-12)24-10-9-21-14-3-1-2-4-15(14)22(17(21)20)11-16(19)23/h1-8,20H,9-11H2,(H2,19,23). The molecule has 6 nitrogen and oxygen atoms in total. The third-order valence-corrected chi connectivity index (χ3v) is 4.21. The number of nitrogens with two attached hydrogens (primary N) is 1. The second kappa shape index (κ2) is 6.92. The number of amides is 1. The van der Waals surface area contributed by atoms with Gasteiger partial charge in [0.2, 0.25) is 11.5 Å². The van der Waals surface area contributed by atoms with Crippen LogP contribution in [0, 0.1) is 5.41 Å². The first kappa shape index (κ1) is 16.3. The number of primary amides is 1. The summed E-state index contributed by atoms with van der Waals surface area (Å²) in [6, 6.07) is 15.2. The first-order valence-electron chi connectivity index (χ1n) is 7.45. The average Bonchev–Trinajstić information content (AvgIpc) is 2.82. The zero-order valence-corrected chi connectivity index (χ0v) is 14.5. The lowest BCUT2D eigenvalue weighted by molar-refractivity contribution is -0.118. The summed E-state index contributed by atoms with van der Waals surface area (Å²) in [7, 11) is 0. The smallest absolute Gasteiger partial charge is 0.237 e. The lowest BCUT2D eigenvalue weighted by atomic mass is 10.3. The van der Waals surface area contributed by atoms with E-state index in [1.807, 2.05) is 53.1 Å². The Kier molecular flexibility index (Phi) is 4.71. The van der Waals surface area contributed by atoms with Gasteiger partial charge >= 0.3 is 0 Å². The van der Waals surface area contributed by atoms with Crippen molar-refractivity contribution in [3.8, 4) is 5.75 Å². The normalized spacial score (nSPS) is 10.9. The number of halogens is 1. The van der Waals surface area contributed by atoms with E-state index >= 15 is 0 Å². The fraction of sp³-hybridized carbons (Fsp3) is 0.176. The number of nitrogens with zero attached hydrogens (tertiary/aromatic N) is 2. The number of aromatic nitrogens is 2. The second-order valence-corrected chi connectivity index (χ2v) is 6.23. The predicted octanol–water partition coefficient (Wildman–Crippen LogP) is 2.25. The Labute approximate surface area is 147 Å². The van der Waals surface area contributed by atoms with Crippen LogP contribution >= 0.6 is 15.9 Å². The van der Waals surface area contributed by atoms with Gasteiger partial charge in [-0.05, 0) is 36.4 Å². The van der Waals surface area contributed by atoms with Crippen LogP contribution in [0.2, 0.25) is 0 Å². The topological polar surface area (TPSA) is 86.0 Å². The molecular formula is C17H17BrN4O2. The fourth-order valence-corrected chi connectivity index (χ4v) is 2.89. The highest BCUT2D eigenvalue weighted by atomic mass is 79.9. The van der Waals surface area contributed by atoms with Crippen LogP contribution in [0.15, 0.2) is 53.0 Å². The number of nitrogens with one attached hydrogen (secondary N) is 1. The molecule has 0 unspecified atom stereocenters. The molecule has 0 spiro atoms. The largest absolute Gasteiger partial charge is 0.492 e. The van der Waals surface area contributed by atoms with Crippen molar-refractivity contribution in [2.75, 3.05) is 6.61 Å². The average molecular weight is 389 g/mol. The van der Waals surface area contributed by atoms with Crippen LogP contribution in [0.3, 0.4) is 0 Å². The SMILES string of the molecule is N=c1n(CCOc2ccc(Br)cc2)c2ccccc2n1CC(N)=O. The van der Waals surface area contributed by atoms with Crippen molar-refractivity contribution in [3.05, 3.63) is 58.6 Å². The summed E-state index contributed by atoms with van der Waals surface area (Å²) in [6.07, 6.45) is 0. The minimum Gasteiger partial charge on any atom is -0.492 e. The number of imidazole rings is 1. The molecule has 124 valence electrons. The van der Waals surface area contributed by atoms with Gasteiger partial charge in [0.1, 0.15) is 18.9 Å². The van der Waals surface area contributed by atoms with E-state index in [0.29, 0.717) is 13.2 Å². The molecule has 0 aliphatic heterocycles. The third-order valence-electron chi connectivity index (χ3n) is 3.69. The molecule has 1 aromatic heterocycles. The van der Waals surface area contributed by atoms with Gasteiger partial charge in [0.15, 0.2) is 0 Å². The number of fused-ring (bicyclic) bond motifs is 1. The van der Waals surface area contributed by atoms with Gasteiger partial charge in [0.25, 0.3) is 0 Å². The number of hydrogen-bond donors (Lipinski definition) is 2. The molecule has 3 N–H and O–H groups in total. The van der Waals surface area contributed by atoms with Crippen molar-refractivity contribution >= 4 is 32.9 Å². The second-order valence-electron chi connectivity index (χ2n) is 5.32. The molecule has 7 heteroatoms. The molecule has 3 aromatic rings. The van der Waals surface area contributed by atoms with E-state index in [4.69, 9.17) is 15.9 Å². The maximum atomic E-state index is 11.3. The fourth-order valence-electron chi connectivity index (χ4n) is 2.62. The number of benzene rings is 2. The number of carbonyl (C=O) groups excluding carboxylic acids is 1. The summed E-state index contributed by atoms with van der Waals surface area (Å²) in [5.74, 6) is 0.300. The van der Waals surface area contributed by atoms with Gasteiger partial charge in [-0.25, -0.2) is 0 Å². The minimum absolute atomic E-state index is 0.0140. The van der Waals surface area contributed by atoms with Crippen LogP contribution < -0.4 is 16.1 Å². The van der Waals surface area contributed by atoms with E-state index in [0.717, 1.165) is 21.3 Å². The van der Waals surface area contributed by atoms with E-state index in [2.05, 4.69) is 15.9 Å². The molecule has 1 heterocycles. The Bertz CT molecular complexity index is 928. The highest BCUT2D eigenvalue weighted by Gasteiger charge is 2.11. The zero-order chi connectivity index (χ0) is 17.1. The summed E-state index contributed by atoms with van der Waals surface area (Å²) < 4.78 is 10.2. The van der Waals surface area contributed by atoms with E-state index in [-0.39, 0.29) is 12.2 Å². The number of carbonyl (C=O) groups is 1. The molecule has 24 heavy (non-hydrogen) atoms. The van der Waals surface area contributed by atoms with Gasteiger partial charge < -0.3 is 19.6 Å². The quantitative estimate of drug-likeness (QED) is 0.678. The van der Waals surface area contributed by atoms with E-state index in [1.54, 1.807) is 4.57 Å². The summed E-state index contributed by atoms with van der Waals surface area (Å²) in [4.78, 5) is 11.3. The third kappa shape index (κ3) is 3.35. The van der Waals surface area contributed by atoms with Crippen molar-refractivity contribution in [2.24, 2.45) is 5.73 Å². The molecule has 0 saturated heterocycles. The molecule has 0 fully saturated rings. The number of rotatable bonds is 6. The Morgan fingerprint density at radius 3 is 2.33 bits per heavy atom. The Morgan fingerprint density at radius 2 is 1.71 bits per heavy atom. The molecule has 1 amide bonds. The van der Waals surface area contributed by atoms with Crippen molar-refractivity contribution in [1.29, 1.82) is 5.41 Å². The predicted molar refractivity (Wildman–Crippen MR) is 94.6 cm³/mol. The van der Waals surface area contributed by atoms with Crippen molar-refractivity contribution in [3.63, 3.8) is 0 Å². The molecular weight excluding hydrogens is 372 g/mol. The molecule has 0 aliphatic carbocycles.